The van der Waals surface area contributed by atoms with Gasteiger partial charge in [-0.3, -0.25) is 0 Å². The molecule has 8 nitrogen and oxygen atoms in total. The third-order valence-corrected chi connectivity index (χ3v) is 6.81. The number of hydrogen-bond acceptors (Lipinski definition) is 7. The molecule has 1 aromatic heterocycles. The Kier molecular flexibility index (Phi) is 8.84. The van der Waals surface area contributed by atoms with Crippen LogP contribution in [0, 0.1) is 6.92 Å². The molecule has 1 fully saturated rings. The van der Waals surface area contributed by atoms with Gasteiger partial charge in [-0.2, -0.15) is 31.3 Å². The molecule has 0 saturated carbocycles. The van der Waals surface area contributed by atoms with Gasteiger partial charge in [0.05, 0.1) is 11.4 Å². The monoisotopic (exact) mass is 543 g/mol. The fourth-order valence-electron chi connectivity index (χ4n) is 3.50. The first-order valence-corrected chi connectivity index (χ1v) is 12.4. The third-order valence-electron chi connectivity index (χ3n) is 5.40. The van der Waals surface area contributed by atoms with Gasteiger partial charge in [-0.25, -0.2) is 18.1 Å². The van der Waals surface area contributed by atoms with Gasteiger partial charge in [0.25, 0.3) is 0 Å². The maximum atomic E-state index is 13.6. The predicted octanol–water partition coefficient (Wildman–Crippen LogP) is 4.38. The topological polar surface area (TPSA) is 107 Å². The number of hydrogen-bond donors (Lipinski definition) is 3. The fourth-order valence-corrected chi connectivity index (χ4v) is 4.32. The van der Waals surface area contributed by atoms with E-state index in [1.165, 1.54) is 32.2 Å². The van der Waals surface area contributed by atoms with Crippen molar-refractivity contribution in [2.45, 2.75) is 56.5 Å². The van der Waals surface area contributed by atoms with Crippen molar-refractivity contribution >= 4 is 27.5 Å². The molecule has 0 radical (unpaired) electrons. The van der Waals surface area contributed by atoms with Crippen molar-refractivity contribution in [2.75, 3.05) is 30.4 Å². The van der Waals surface area contributed by atoms with E-state index in [2.05, 4.69) is 20.0 Å². The van der Waals surface area contributed by atoms with Crippen LogP contribution in [-0.4, -0.2) is 55.4 Å². The molecule has 3 N–H and O–H groups in total. The summed E-state index contributed by atoms with van der Waals surface area (Å²) in [5.74, 6) is -1.16. The second-order valence-electron chi connectivity index (χ2n) is 7.79. The van der Waals surface area contributed by atoms with Gasteiger partial charge in [0.15, 0.2) is 5.60 Å². The Balaban J connectivity index is 0.00000222. The van der Waals surface area contributed by atoms with E-state index >= 15 is 0 Å². The number of β-amino-alcohol motifs (C(OH)–C–C–N with tert-alkyl or cyclic N) is 1. The van der Waals surface area contributed by atoms with Gasteiger partial charge >= 0.3 is 12.4 Å². The zero-order valence-corrected chi connectivity index (χ0v) is 20.7. The van der Waals surface area contributed by atoms with E-state index in [1.54, 1.807) is 0 Å². The van der Waals surface area contributed by atoms with Gasteiger partial charge in [-0.15, -0.1) is 0 Å². The van der Waals surface area contributed by atoms with Gasteiger partial charge in [-0.05, 0) is 50.6 Å². The molecule has 1 atom stereocenters. The zero-order chi connectivity index (χ0) is 27.5. The second-order valence-corrected chi connectivity index (χ2v) is 9.68. The third kappa shape index (κ3) is 6.37. The summed E-state index contributed by atoms with van der Waals surface area (Å²) in [6, 6.07) is 3.91. The molecule has 36 heavy (non-hydrogen) atoms. The van der Waals surface area contributed by atoms with Crippen LogP contribution in [0.5, 0.6) is 0 Å². The standard InChI is InChI=1S/C19H21F6N5O3S.C2H6/c1-11-8-12(34(32,33)26-2)4-5-14(11)28-16-27-9-13(18(20,21)22)15(29-16)30-7-3-6-17(31,10-30)19(23,24)25;1-2/h4-5,8-9,26,31H,3,6-7,10H2,1-2H3,(H,27,28,29);1-2H3. The molecule has 0 aliphatic carbocycles. The molecule has 0 amide bonds. The number of nitrogens with one attached hydrogen (secondary N) is 2. The molecule has 1 aliphatic rings. The number of rotatable bonds is 5. The van der Waals surface area contributed by atoms with Crippen LogP contribution in [0.15, 0.2) is 29.3 Å². The number of aliphatic hydroxyl groups is 1. The quantitative estimate of drug-likeness (QED) is 0.481. The van der Waals surface area contributed by atoms with Crippen LogP contribution in [-0.2, 0) is 16.2 Å². The van der Waals surface area contributed by atoms with Crippen LogP contribution in [0.2, 0.25) is 0 Å². The number of nitrogens with zero attached hydrogens (tertiary/aromatic N) is 3. The lowest BCUT2D eigenvalue weighted by Crippen LogP contribution is -2.57. The number of sulfonamides is 1. The number of benzene rings is 1. The number of piperidine rings is 1. The van der Waals surface area contributed by atoms with Crippen LogP contribution in [0.1, 0.15) is 37.8 Å². The lowest BCUT2D eigenvalue weighted by Gasteiger charge is -2.41. The second kappa shape index (κ2) is 10.8. The summed E-state index contributed by atoms with van der Waals surface area (Å²) in [7, 11) is -2.50. The smallest absolute Gasteiger partial charge is 0.379 e. The minimum Gasteiger partial charge on any atom is -0.379 e. The zero-order valence-electron chi connectivity index (χ0n) is 19.9. The first kappa shape index (κ1) is 29.6. The average Bonchev–Trinajstić information content (AvgIpc) is 2.80. The molecule has 0 spiro atoms. The summed E-state index contributed by atoms with van der Waals surface area (Å²) in [5.41, 5.74) is -3.87. The summed E-state index contributed by atoms with van der Waals surface area (Å²) >= 11 is 0. The average molecular weight is 544 g/mol. The number of aromatic nitrogens is 2. The van der Waals surface area contributed by atoms with E-state index in [-0.39, 0.29) is 29.5 Å². The minimum absolute atomic E-state index is 0.0492. The van der Waals surface area contributed by atoms with E-state index in [0.29, 0.717) is 11.8 Å². The Bertz CT molecular complexity index is 1170. The van der Waals surface area contributed by atoms with Crippen molar-refractivity contribution in [3.63, 3.8) is 0 Å². The molecule has 1 aliphatic heterocycles. The van der Waals surface area contributed by atoms with Crippen molar-refractivity contribution in [3.8, 4) is 0 Å². The molecular formula is C21H27F6N5O3S. The first-order chi connectivity index (χ1) is 16.6. The number of alkyl halides is 6. The van der Waals surface area contributed by atoms with Crippen LogP contribution in [0.4, 0.5) is 43.8 Å². The molecule has 15 heteroatoms. The van der Waals surface area contributed by atoms with E-state index in [0.717, 1.165) is 4.90 Å². The highest BCUT2D eigenvalue weighted by molar-refractivity contribution is 7.89. The van der Waals surface area contributed by atoms with Crippen molar-refractivity contribution in [2.24, 2.45) is 0 Å². The van der Waals surface area contributed by atoms with Crippen molar-refractivity contribution < 1.29 is 39.9 Å². The van der Waals surface area contributed by atoms with Gasteiger partial charge in [-0.1, -0.05) is 13.8 Å². The van der Waals surface area contributed by atoms with Gasteiger partial charge in [0.2, 0.25) is 16.0 Å². The SMILES string of the molecule is CC.CNS(=O)(=O)c1ccc(Nc2ncc(C(F)(F)F)c(N3CCCC(O)(C(F)(F)F)C3)n2)c(C)c1. The molecule has 0 bridgehead atoms. The molecule has 2 aromatic rings. The number of aryl methyl sites for hydroxylation is 1. The maximum Gasteiger partial charge on any atom is 0.421 e. The van der Waals surface area contributed by atoms with Crippen LogP contribution >= 0.6 is 0 Å². The Morgan fingerprint density at radius 1 is 1.14 bits per heavy atom. The van der Waals surface area contributed by atoms with Crippen LogP contribution in [0.25, 0.3) is 0 Å². The van der Waals surface area contributed by atoms with E-state index in [1.807, 2.05) is 13.8 Å². The number of halogens is 6. The van der Waals surface area contributed by atoms with E-state index in [9.17, 15) is 39.9 Å². The summed E-state index contributed by atoms with van der Waals surface area (Å²) in [4.78, 5) is 8.12. The minimum atomic E-state index is -5.04. The largest absolute Gasteiger partial charge is 0.421 e. The maximum absolute atomic E-state index is 13.6. The normalized spacial score (nSPS) is 18.9. The summed E-state index contributed by atoms with van der Waals surface area (Å²) in [5, 5.41) is 12.7. The van der Waals surface area contributed by atoms with E-state index < -0.39 is 52.3 Å². The summed E-state index contributed by atoms with van der Waals surface area (Å²) in [6.45, 7) is 4.23. The Morgan fingerprint density at radius 2 is 1.78 bits per heavy atom. The lowest BCUT2D eigenvalue weighted by atomic mass is 9.92. The van der Waals surface area contributed by atoms with Crippen molar-refractivity contribution in [3.05, 3.63) is 35.5 Å². The van der Waals surface area contributed by atoms with Crippen molar-refractivity contribution in [1.29, 1.82) is 0 Å². The Labute approximate surface area is 204 Å². The Hall–Kier alpha value is -2.65. The summed E-state index contributed by atoms with van der Waals surface area (Å²) < 4.78 is 107. The highest BCUT2D eigenvalue weighted by atomic mass is 32.2. The van der Waals surface area contributed by atoms with E-state index in [4.69, 9.17) is 0 Å². The molecular weight excluding hydrogens is 516 g/mol. The lowest BCUT2D eigenvalue weighted by molar-refractivity contribution is -0.261. The predicted molar refractivity (Wildman–Crippen MR) is 122 cm³/mol. The highest BCUT2D eigenvalue weighted by Crippen LogP contribution is 2.41. The molecule has 2 heterocycles. The molecule has 3 rings (SSSR count). The van der Waals surface area contributed by atoms with Crippen LogP contribution in [0.3, 0.4) is 0 Å². The molecule has 202 valence electrons. The van der Waals surface area contributed by atoms with Crippen LogP contribution < -0.4 is 14.9 Å². The van der Waals surface area contributed by atoms with Gasteiger partial charge < -0.3 is 15.3 Å². The van der Waals surface area contributed by atoms with Gasteiger partial charge in [0, 0.05) is 18.4 Å². The molecule has 1 saturated heterocycles. The molecule has 1 unspecified atom stereocenters. The van der Waals surface area contributed by atoms with Gasteiger partial charge in [0.1, 0.15) is 11.4 Å². The fraction of sp³-hybridized carbons (Fsp3) is 0.524. The Morgan fingerprint density at radius 3 is 2.31 bits per heavy atom. The number of anilines is 3. The highest BCUT2D eigenvalue weighted by Gasteiger charge is 2.56. The summed E-state index contributed by atoms with van der Waals surface area (Å²) in [6.07, 6.45) is -10.4. The van der Waals surface area contributed by atoms with Crippen molar-refractivity contribution in [1.82, 2.24) is 14.7 Å². The first-order valence-electron chi connectivity index (χ1n) is 10.9. The molecule has 1 aromatic carbocycles.